The van der Waals surface area contributed by atoms with Crippen LogP contribution in [-0.2, 0) is 11.3 Å². The molecule has 0 atom stereocenters. The molecule has 1 aromatic heterocycles. The van der Waals surface area contributed by atoms with Crippen molar-refractivity contribution in [3.8, 4) is 0 Å². The van der Waals surface area contributed by atoms with Crippen LogP contribution >= 0.6 is 0 Å². The van der Waals surface area contributed by atoms with Crippen molar-refractivity contribution in [2.75, 3.05) is 20.2 Å². The van der Waals surface area contributed by atoms with Gasteiger partial charge in [0.25, 0.3) is 11.5 Å². The Bertz CT molecular complexity index is 805. The van der Waals surface area contributed by atoms with E-state index in [2.05, 4.69) is 6.07 Å². The van der Waals surface area contributed by atoms with Crippen molar-refractivity contribution >= 4 is 5.91 Å². The highest BCUT2D eigenvalue weighted by atomic mass is 16.5. The molecule has 1 fully saturated rings. The highest BCUT2D eigenvalue weighted by molar-refractivity contribution is 5.93. The van der Waals surface area contributed by atoms with Gasteiger partial charge in [-0.25, -0.2) is 0 Å². The highest BCUT2D eigenvalue weighted by Crippen LogP contribution is 2.15. The summed E-state index contributed by atoms with van der Waals surface area (Å²) in [5.41, 5.74) is 2.21. The van der Waals surface area contributed by atoms with E-state index in [1.807, 2.05) is 25.1 Å². The van der Waals surface area contributed by atoms with E-state index in [-0.39, 0.29) is 23.1 Å². The van der Waals surface area contributed by atoms with Crippen molar-refractivity contribution in [1.29, 1.82) is 0 Å². The van der Waals surface area contributed by atoms with E-state index in [1.165, 1.54) is 0 Å². The van der Waals surface area contributed by atoms with E-state index < -0.39 is 0 Å². The van der Waals surface area contributed by atoms with E-state index in [9.17, 15) is 9.59 Å². The van der Waals surface area contributed by atoms with Gasteiger partial charge in [0.15, 0.2) is 0 Å². The summed E-state index contributed by atoms with van der Waals surface area (Å²) in [7, 11) is 1.70. The normalized spacial score (nSPS) is 15.4. The van der Waals surface area contributed by atoms with Gasteiger partial charge in [0.2, 0.25) is 0 Å². The van der Waals surface area contributed by atoms with Crippen molar-refractivity contribution in [2.45, 2.75) is 32.4 Å². The van der Waals surface area contributed by atoms with Crippen molar-refractivity contribution in [1.82, 2.24) is 9.47 Å². The van der Waals surface area contributed by atoms with Crippen LogP contribution in [-0.4, -0.2) is 41.7 Å². The average Bonchev–Trinajstić information content (AvgIpc) is 2.63. The Balaban J connectivity index is 1.79. The van der Waals surface area contributed by atoms with Gasteiger partial charge < -0.3 is 14.2 Å². The summed E-state index contributed by atoms with van der Waals surface area (Å²) in [6, 6.07) is 11.4. The van der Waals surface area contributed by atoms with Crippen LogP contribution in [0.5, 0.6) is 0 Å². The van der Waals surface area contributed by atoms with Gasteiger partial charge in [-0.15, -0.1) is 0 Å². The van der Waals surface area contributed by atoms with Crippen LogP contribution in [0.25, 0.3) is 0 Å². The molecule has 5 heteroatoms. The van der Waals surface area contributed by atoms with Gasteiger partial charge in [-0.2, -0.15) is 0 Å². The molecule has 2 heterocycles. The summed E-state index contributed by atoms with van der Waals surface area (Å²) in [5.74, 6) is -0.182. The Labute approximate surface area is 147 Å². The highest BCUT2D eigenvalue weighted by Gasteiger charge is 2.25. The molecule has 2 aromatic rings. The van der Waals surface area contributed by atoms with Crippen molar-refractivity contribution in [3.05, 3.63) is 69.6 Å². The third kappa shape index (κ3) is 3.99. The molecular weight excluding hydrogens is 316 g/mol. The predicted octanol–water partition coefficient (Wildman–Crippen LogP) is 2.46. The maximum atomic E-state index is 12.8. The second-order valence-corrected chi connectivity index (χ2v) is 6.57. The molecule has 1 aliphatic heterocycles. The number of aryl methyl sites for hydroxylation is 1. The number of amides is 1. The third-order valence-electron chi connectivity index (χ3n) is 4.75. The Hall–Kier alpha value is -2.40. The molecule has 3 rings (SSSR count). The molecule has 1 saturated heterocycles. The van der Waals surface area contributed by atoms with Gasteiger partial charge >= 0.3 is 0 Å². The van der Waals surface area contributed by atoms with E-state index >= 15 is 0 Å². The lowest BCUT2D eigenvalue weighted by Crippen LogP contribution is -2.43. The number of ether oxygens (including phenoxy) is 1. The topological polar surface area (TPSA) is 51.5 Å². The van der Waals surface area contributed by atoms with Crippen LogP contribution in [0.1, 0.15) is 34.3 Å². The Morgan fingerprint density at radius 3 is 2.64 bits per heavy atom. The molecule has 5 nitrogen and oxygen atoms in total. The predicted molar refractivity (Wildman–Crippen MR) is 96.9 cm³/mol. The standard InChI is InChI=1S/C20H24N2O3/c1-15-5-3-6-16(13-15)14-22-10-4-7-18(20(22)24)19(23)21-11-8-17(25-2)9-12-21/h3-7,10,13,17H,8-9,11-12,14H2,1-2H3. The number of carbonyl (C=O) groups excluding carboxylic acids is 1. The quantitative estimate of drug-likeness (QED) is 0.859. The van der Waals surface area contributed by atoms with Crippen LogP contribution in [0, 0.1) is 6.92 Å². The lowest BCUT2D eigenvalue weighted by molar-refractivity contribution is 0.0349. The van der Waals surface area contributed by atoms with E-state index in [1.54, 1.807) is 34.9 Å². The number of methoxy groups -OCH3 is 1. The molecule has 0 unspecified atom stereocenters. The Kier molecular flexibility index (Phi) is 5.34. The minimum absolute atomic E-state index is 0.182. The summed E-state index contributed by atoms with van der Waals surface area (Å²) in [5, 5.41) is 0. The number of likely N-dealkylation sites (tertiary alicyclic amines) is 1. The summed E-state index contributed by atoms with van der Waals surface area (Å²) < 4.78 is 6.94. The lowest BCUT2D eigenvalue weighted by Gasteiger charge is -2.31. The average molecular weight is 340 g/mol. The molecule has 0 radical (unpaired) electrons. The minimum Gasteiger partial charge on any atom is -0.381 e. The fourth-order valence-corrected chi connectivity index (χ4v) is 3.30. The van der Waals surface area contributed by atoms with Gasteiger partial charge in [0.05, 0.1) is 12.6 Å². The fourth-order valence-electron chi connectivity index (χ4n) is 3.30. The van der Waals surface area contributed by atoms with E-state index in [0.29, 0.717) is 19.6 Å². The maximum Gasteiger partial charge on any atom is 0.263 e. The van der Waals surface area contributed by atoms with Crippen LogP contribution in [0.2, 0.25) is 0 Å². The summed E-state index contributed by atoms with van der Waals surface area (Å²) in [6.45, 7) is 3.75. The smallest absolute Gasteiger partial charge is 0.263 e. The SMILES string of the molecule is COC1CCN(C(=O)c2cccn(Cc3cccc(C)c3)c2=O)CC1. The zero-order valence-corrected chi connectivity index (χ0v) is 14.8. The van der Waals surface area contributed by atoms with Gasteiger partial charge in [-0.1, -0.05) is 29.8 Å². The second kappa shape index (κ2) is 7.66. The van der Waals surface area contributed by atoms with Crippen molar-refractivity contribution in [3.63, 3.8) is 0 Å². The van der Waals surface area contributed by atoms with Crippen molar-refractivity contribution < 1.29 is 9.53 Å². The van der Waals surface area contributed by atoms with E-state index in [0.717, 1.165) is 24.0 Å². The Morgan fingerprint density at radius 2 is 1.96 bits per heavy atom. The molecule has 132 valence electrons. The summed E-state index contributed by atoms with van der Waals surface area (Å²) >= 11 is 0. The lowest BCUT2D eigenvalue weighted by atomic mass is 10.1. The molecule has 1 aromatic carbocycles. The van der Waals surface area contributed by atoms with Gasteiger partial charge in [0.1, 0.15) is 5.56 Å². The van der Waals surface area contributed by atoms with Crippen molar-refractivity contribution in [2.24, 2.45) is 0 Å². The first kappa shape index (κ1) is 17.4. The van der Waals surface area contributed by atoms with E-state index in [4.69, 9.17) is 4.74 Å². The van der Waals surface area contributed by atoms with Gasteiger partial charge in [0, 0.05) is 26.4 Å². The molecular formula is C20H24N2O3. The van der Waals surface area contributed by atoms with Crippen LogP contribution in [0.4, 0.5) is 0 Å². The molecule has 1 amide bonds. The number of rotatable bonds is 4. The number of pyridine rings is 1. The van der Waals surface area contributed by atoms with Crippen LogP contribution in [0.15, 0.2) is 47.4 Å². The molecule has 0 N–H and O–H groups in total. The van der Waals surface area contributed by atoms with Crippen LogP contribution < -0.4 is 5.56 Å². The number of hydrogen-bond acceptors (Lipinski definition) is 3. The van der Waals surface area contributed by atoms with Gasteiger partial charge in [-0.05, 0) is 37.5 Å². The number of piperidine rings is 1. The number of aromatic nitrogens is 1. The third-order valence-corrected chi connectivity index (χ3v) is 4.75. The number of carbonyl (C=O) groups is 1. The monoisotopic (exact) mass is 340 g/mol. The number of benzene rings is 1. The van der Waals surface area contributed by atoms with Crippen LogP contribution in [0.3, 0.4) is 0 Å². The molecule has 0 bridgehead atoms. The second-order valence-electron chi connectivity index (χ2n) is 6.57. The molecule has 25 heavy (non-hydrogen) atoms. The zero-order chi connectivity index (χ0) is 17.8. The molecule has 0 saturated carbocycles. The largest absolute Gasteiger partial charge is 0.381 e. The van der Waals surface area contributed by atoms with Gasteiger partial charge in [-0.3, -0.25) is 9.59 Å². The first-order chi connectivity index (χ1) is 12.1. The Morgan fingerprint density at radius 1 is 1.20 bits per heavy atom. The maximum absolute atomic E-state index is 12.8. The number of hydrogen-bond donors (Lipinski definition) is 0. The number of nitrogens with zero attached hydrogens (tertiary/aromatic N) is 2. The zero-order valence-electron chi connectivity index (χ0n) is 14.8. The summed E-state index contributed by atoms with van der Waals surface area (Å²) in [6.07, 6.45) is 3.57. The minimum atomic E-state index is -0.233. The fraction of sp³-hybridized carbons (Fsp3) is 0.400. The molecule has 0 aliphatic carbocycles. The summed E-state index contributed by atoms with van der Waals surface area (Å²) in [4.78, 5) is 27.3. The molecule has 1 aliphatic rings. The molecule has 0 spiro atoms. The first-order valence-electron chi connectivity index (χ1n) is 8.65. The first-order valence-corrected chi connectivity index (χ1v) is 8.65.